The standard InChI is InChI=1S/C13H16BrClO2/c1-2-17-13(16)12-7-10(4-3-5-14)6-11(8-12)9-15/h6-8H,2-5,9H2,1H3. The zero-order valence-corrected chi connectivity index (χ0v) is 12.2. The second-order valence-corrected chi connectivity index (χ2v) is 4.75. The number of alkyl halides is 2. The number of esters is 1. The van der Waals surface area contributed by atoms with Gasteiger partial charge in [-0.25, -0.2) is 4.79 Å². The number of hydrogen-bond donors (Lipinski definition) is 0. The number of aryl methyl sites for hydroxylation is 1. The highest BCUT2D eigenvalue weighted by Crippen LogP contribution is 2.15. The van der Waals surface area contributed by atoms with Crippen molar-refractivity contribution in [3.05, 3.63) is 34.9 Å². The first-order valence-corrected chi connectivity index (χ1v) is 7.28. The molecule has 0 unspecified atom stereocenters. The Balaban J connectivity index is 2.92. The van der Waals surface area contributed by atoms with Crippen molar-refractivity contribution in [1.82, 2.24) is 0 Å². The summed E-state index contributed by atoms with van der Waals surface area (Å²) in [6, 6.07) is 5.72. The maximum absolute atomic E-state index is 11.7. The molecule has 0 fully saturated rings. The van der Waals surface area contributed by atoms with Gasteiger partial charge in [0, 0.05) is 11.2 Å². The lowest BCUT2D eigenvalue weighted by Gasteiger charge is -2.07. The zero-order valence-electron chi connectivity index (χ0n) is 9.84. The topological polar surface area (TPSA) is 26.3 Å². The molecule has 0 atom stereocenters. The van der Waals surface area contributed by atoms with Crippen molar-refractivity contribution < 1.29 is 9.53 Å². The molecule has 0 saturated carbocycles. The van der Waals surface area contributed by atoms with E-state index in [0.29, 0.717) is 18.1 Å². The molecule has 1 rings (SSSR count). The highest BCUT2D eigenvalue weighted by atomic mass is 79.9. The van der Waals surface area contributed by atoms with E-state index in [1.165, 1.54) is 0 Å². The fraction of sp³-hybridized carbons (Fsp3) is 0.462. The monoisotopic (exact) mass is 318 g/mol. The van der Waals surface area contributed by atoms with Crippen molar-refractivity contribution in [2.24, 2.45) is 0 Å². The van der Waals surface area contributed by atoms with Crippen molar-refractivity contribution in [3.8, 4) is 0 Å². The molecule has 0 N–H and O–H groups in total. The van der Waals surface area contributed by atoms with E-state index in [1.807, 2.05) is 12.1 Å². The van der Waals surface area contributed by atoms with Crippen LogP contribution >= 0.6 is 27.5 Å². The number of carbonyl (C=O) groups is 1. The highest BCUT2D eigenvalue weighted by molar-refractivity contribution is 9.09. The van der Waals surface area contributed by atoms with Gasteiger partial charge in [-0.3, -0.25) is 0 Å². The minimum absolute atomic E-state index is 0.278. The number of halogens is 2. The number of carbonyl (C=O) groups excluding carboxylic acids is 1. The summed E-state index contributed by atoms with van der Waals surface area (Å²) < 4.78 is 5.00. The maximum atomic E-state index is 11.7. The van der Waals surface area contributed by atoms with Gasteiger partial charge in [0.15, 0.2) is 0 Å². The van der Waals surface area contributed by atoms with Crippen LogP contribution in [0.4, 0.5) is 0 Å². The van der Waals surface area contributed by atoms with Gasteiger partial charge in [-0.15, -0.1) is 11.6 Å². The summed E-state index contributed by atoms with van der Waals surface area (Å²) >= 11 is 9.22. The Kier molecular flexibility index (Phi) is 6.60. The quantitative estimate of drug-likeness (QED) is 0.586. The molecule has 94 valence electrons. The minimum Gasteiger partial charge on any atom is -0.462 e. The molecule has 0 radical (unpaired) electrons. The molecule has 0 heterocycles. The van der Waals surface area contributed by atoms with E-state index >= 15 is 0 Å². The van der Waals surface area contributed by atoms with Crippen LogP contribution in [0.25, 0.3) is 0 Å². The molecular formula is C13H16BrClO2. The molecule has 0 saturated heterocycles. The van der Waals surface area contributed by atoms with Crippen molar-refractivity contribution >= 4 is 33.5 Å². The fourth-order valence-corrected chi connectivity index (χ4v) is 2.02. The maximum Gasteiger partial charge on any atom is 0.338 e. The van der Waals surface area contributed by atoms with Crippen molar-refractivity contribution in [3.63, 3.8) is 0 Å². The molecule has 0 bridgehead atoms. The lowest BCUT2D eigenvalue weighted by Crippen LogP contribution is -2.06. The van der Waals surface area contributed by atoms with E-state index in [9.17, 15) is 4.79 Å². The van der Waals surface area contributed by atoms with Gasteiger partial charge in [-0.1, -0.05) is 22.0 Å². The summed E-state index contributed by atoms with van der Waals surface area (Å²) in [6.07, 6.45) is 1.97. The van der Waals surface area contributed by atoms with Crippen LogP contribution in [0.1, 0.15) is 34.8 Å². The van der Waals surface area contributed by atoms with E-state index in [1.54, 1.807) is 13.0 Å². The van der Waals surface area contributed by atoms with Crippen LogP contribution in [0, 0.1) is 0 Å². The molecular weight excluding hydrogens is 303 g/mol. The van der Waals surface area contributed by atoms with Gasteiger partial charge in [0.25, 0.3) is 0 Å². The summed E-state index contributed by atoms with van der Waals surface area (Å²) in [4.78, 5) is 11.7. The van der Waals surface area contributed by atoms with Crippen LogP contribution in [0.15, 0.2) is 18.2 Å². The van der Waals surface area contributed by atoms with Gasteiger partial charge in [-0.2, -0.15) is 0 Å². The lowest BCUT2D eigenvalue weighted by molar-refractivity contribution is 0.0526. The Labute approximate surface area is 115 Å². The molecule has 0 aliphatic carbocycles. The first kappa shape index (κ1) is 14.5. The zero-order chi connectivity index (χ0) is 12.7. The lowest BCUT2D eigenvalue weighted by atomic mass is 10.0. The van der Waals surface area contributed by atoms with Crippen LogP contribution in [0.3, 0.4) is 0 Å². The summed E-state index contributed by atoms with van der Waals surface area (Å²) in [7, 11) is 0. The van der Waals surface area contributed by atoms with Gasteiger partial charge < -0.3 is 4.74 Å². The van der Waals surface area contributed by atoms with Crippen molar-refractivity contribution in [2.45, 2.75) is 25.6 Å². The molecule has 4 heteroatoms. The Morgan fingerprint density at radius 3 is 2.65 bits per heavy atom. The van der Waals surface area contributed by atoms with Gasteiger partial charge in [0.1, 0.15) is 0 Å². The van der Waals surface area contributed by atoms with Crippen LogP contribution in [0.5, 0.6) is 0 Å². The van der Waals surface area contributed by atoms with E-state index in [0.717, 1.165) is 29.3 Å². The predicted octanol–water partition coefficient (Wildman–Crippen LogP) is 3.93. The highest BCUT2D eigenvalue weighted by Gasteiger charge is 2.09. The average molecular weight is 320 g/mol. The summed E-state index contributed by atoms with van der Waals surface area (Å²) in [5, 5.41) is 0.951. The average Bonchev–Trinajstić information content (AvgIpc) is 2.36. The third-order valence-electron chi connectivity index (χ3n) is 2.32. The molecule has 1 aromatic carbocycles. The third-order valence-corrected chi connectivity index (χ3v) is 3.19. The Hall–Kier alpha value is -0.540. The van der Waals surface area contributed by atoms with Crippen molar-refractivity contribution in [1.29, 1.82) is 0 Å². The van der Waals surface area contributed by atoms with Gasteiger partial charge in [-0.05, 0) is 43.0 Å². The third kappa shape index (κ3) is 4.68. The molecule has 0 aromatic heterocycles. The van der Waals surface area contributed by atoms with E-state index in [2.05, 4.69) is 15.9 Å². The van der Waals surface area contributed by atoms with E-state index in [4.69, 9.17) is 16.3 Å². The molecule has 0 aliphatic heterocycles. The number of benzene rings is 1. The smallest absolute Gasteiger partial charge is 0.338 e. The SMILES string of the molecule is CCOC(=O)c1cc(CCl)cc(CCCBr)c1. The van der Waals surface area contributed by atoms with Crippen molar-refractivity contribution in [2.75, 3.05) is 11.9 Å². The van der Waals surface area contributed by atoms with Crippen LogP contribution in [0.2, 0.25) is 0 Å². The first-order valence-electron chi connectivity index (χ1n) is 5.63. The number of hydrogen-bond acceptors (Lipinski definition) is 2. The first-order chi connectivity index (χ1) is 8.21. The summed E-state index contributed by atoms with van der Waals surface area (Å²) in [5.74, 6) is 0.133. The van der Waals surface area contributed by atoms with Crippen LogP contribution in [-0.2, 0) is 17.0 Å². The van der Waals surface area contributed by atoms with Gasteiger partial charge in [0.2, 0.25) is 0 Å². The normalized spacial score (nSPS) is 10.3. The Morgan fingerprint density at radius 2 is 2.06 bits per heavy atom. The van der Waals surface area contributed by atoms with E-state index in [-0.39, 0.29) is 5.97 Å². The minimum atomic E-state index is -0.278. The molecule has 0 amide bonds. The largest absolute Gasteiger partial charge is 0.462 e. The summed E-state index contributed by atoms with van der Waals surface area (Å²) in [5.41, 5.74) is 2.68. The molecule has 17 heavy (non-hydrogen) atoms. The molecule has 0 aliphatic rings. The fourth-order valence-electron chi connectivity index (χ4n) is 1.59. The second-order valence-electron chi connectivity index (χ2n) is 3.68. The number of rotatable bonds is 6. The summed E-state index contributed by atoms with van der Waals surface area (Å²) in [6.45, 7) is 2.19. The number of ether oxygens (including phenoxy) is 1. The second kappa shape index (κ2) is 7.72. The van der Waals surface area contributed by atoms with E-state index < -0.39 is 0 Å². The predicted molar refractivity (Wildman–Crippen MR) is 74.1 cm³/mol. The Morgan fingerprint density at radius 1 is 1.35 bits per heavy atom. The van der Waals surface area contributed by atoms with Crippen LogP contribution in [-0.4, -0.2) is 17.9 Å². The Bertz CT molecular complexity index is 380. The molecule has 2 nitrogen and oxygen atoms in total. The molecule has 0 spiro atoms. The molecule has 1 aromatic rings. The van der Waals surface area contributed by atoms with Gasteiger partial charge in [0.05, 0.1) is 12.2 Å². The van der Waals surface area contributed by atoms with Crippen LogP contribution < -0.4 is 0 Å². The van der Waals surface area contributed by atoms with Gasteiger partial charge >= 0.3 is 5.97 Å².